The van der Waals surface area contributed by atoms with E-state index in [9.17, 15) is 0 Å². The lowest BCUT2D eigenvalue weighted by molar-refractivity contribution is 0.669. The molecule has 352 valence electrons. The molecule has 3 heteroatoms. The average Bonchev–Trinajstić information content (AvgIpc) is 4.05. The number of para-hydroxylation sites is 3. The average molecular weight is 957 g/mol. The van der Waals surface area contributed by atoms with Gasteiger partial charge in [-0.3, -0.25) is 0 Å². The Balaban J connectivity index is 0.761. The fourth-order valence-electron chi connectivity index (χ4n) is 11.1. The minimum absolute atomic E-state index is 0.901. The van der Waals surface area contributed by atoms with E-state index >= 15 is 0 Å². The maximum Gasteiger partial charge on any atom is 0.136 e. The third-order valence-corrected chi connectivity index (χ3v) is 14.9. The molecule has 0 aliphatic heterocycles. The molecule has 2 heterocycles. The van der Waals surface area contributed by atoms with Gasteiger partial charge in [-0.25, -0.2) is 0 Å². The summed E-state index contributed by atoms with van der Waals surface area (Å²) in [6.07, 6.45) is 0. The summed E-state index contributed by atoms with van der Waals surface area (Å²) in [6.45, 7) is 0. The van der Waals surface area contributed by atoms with Gasteiger partial charge in [0.1, 0.15) is 11.2 Å². The first-order valence-electron chi connectivity index (χ1n) is 25.6. The molecule has 14 aromatic rings. The van der Waals surface area contributed by atoms with Crippen molar-refractivity contribution in [2.24, 2.45) is 0 Å². The Kier molecular flexibility index (Phi) is 10.8. The van der Waals surface area contributed by atoms with E-state index in [0.717, 1.165) is 66.9 Å². The summed E-state index contributed by atoms with van der Waals surface area (Å²) in [5.74, 6) is 0. The molecule has 0 unspecified atom stereocenters. The van der Waals surface area contributed by atoms with Gasteiger partial charge in [-0.2, -0.15) is 0 Å². The predicted molar refractivity (Wildman–Crippen MR) is 315 cm³/mol. The second-order valence-electron chi connectivity index (χ2n) is 19.3. The van der Waals surface area contributed by atoms with Crippen LogP contribution in [0.25, 0.3) is 116 Å². The van der Waals surface area contributed by atoms with E-state index < -0.39 is 0 Å². The maximum absolute atomic E-state index is 6.26. The SMILES string of the molecule is c1ccc(-c2ccc(-c3ccc(N(c4ccc(-c5ccc(-c6ccc(-n7c8ccccc8c8ccccc87)cc6)cc5)cc4)c4ccc(-c5cccc(-c6cccc7oc8ccccc8c67)c5)cc4)cc3)cc2)cc1. The van der Waals surface area contributed by atoms with Gasteiger partial charge >= 0.3 is 0 Å². The van der Waals surface area contributed by atoms with Crippen LogP contribution >= 0.6 is 0 Å². The van der Waals surface area contributed by atoms with Crippen molar-refractivity contribution in [3.05, 3.63) is 291 Å². The molecule has 2 aromatic heterocycles. The Morgan fingerprint density at radius 2 is 0.613 bits per heavy atom. The normalized spacial score (nSPS) is 11.5. The molecule has 12 aromatic carbocycles. The van der Waals surface area contributed by atoms with Gasteiger partial charge in [-0.1, -0.05) is 212 Å². The number of aromatic nitrogens is 1. The van der Waals surface area contributed by atoms with Gasteiger partial charge < -0.3 is 13.9 Å². The lowest BCUT2D eigenvalue weighted by Gasteiger charge is -2.26. The van der Waals surface area contributed by atoms with Crippen LogP contribution in [0, 0.1) is 0 Å². The summed E-state index contributed by atoms with van der Waals surface area (Å²) in [5.41, 5.74) is 22.7. The molecular formula is C72H48N2O. The highest BCUT2D eigenvalue weighted by Gasteiger charge is 2.17. The third kappa shape index (κ3) is 8.04. The second kappa shape index (κ2) is 18.6. The van der Waals surface area contributed by atoms with Crippen LogP contribution in [0.15, 0.2) is 296 Å². The molecule has 0 amide bonds. The fourth-order valence-corrected chi connectivity index (χ4v) is 11.1. The molecule has 0 saturated heterocycles. The first-order valence-corrected chi connectivity index (χ1v) is 25.6. The van der Waals surface area contributed by atoms with Gasteiger partial charge in [0.05, 0.1) is 11.0 Å². The van der Waals surface area contributed by atoms with E-state index in [0.29, 0.717) is 0 Å². The van der Waals surface area contributed by atoms with Crippen molar-refractivity contribution in [1.29, 1.82) is 0 Å². The summed E-state index contributed by atoms with van der Waals surface area (Å²) in [6, 6.07) is 105. The summed E-state index contributed by atoms with van der Waals surface area (Å²) in [4.78, 5) is 2.35. The largest absolute Gasteiger partial charge is 0.456 e. The third-order valence-electron chi connectivity index (χ3n) is 14.9. The highest BCUT2D eigenvalue weighted by molar-refractivity contribution is 6.12. The first kappa shape index (κ1) is 43.8. The van der Waals surface area contributed by atoms with Crippen molar-refractivity contribution in [1.82, 2.24) is 4.57 Å². The molecule has 0 aliphatic carbocycles. The smallest absolute Gasteiger partial charge is 0.136 e. The second-order valence-corrected chi connectivity index (χ2v) is 19.3. The van der Waals surface area contributed by atoms with Crippen LogP contribution in [0.4, 0.5) is 17.1 Å². The van der Waals surface area contributed by atoms with Crippen LogP contribution < -0.4 is 4.90 Å². The van der Waals surface area contributed by atoms with E-state index in [4.69, 9.17) is 4.42 Å². The molecular weight excluding hydrogens is 909 g/mol. The van der Waals surface area contributed by atoms with Gasteiger partial charge in [0.15, 0.2) is 0 Å². The van der Waals surface area contributed by atoms with Crippen LogP contribution in [0.1, 0.15) is 0 Å². The van der Waals surface area contributed by atoms with E-state index in [2.05, 4.69) is 289 Å². The van der Waals surface area contributed by atoms with Crippen LogP contribution in [0.3, 0.4) is 0 Å². The topological polar surface area (TPSA) is 21.3 Å². The van der Waals surface area contributed by atoms with Gasteiger partial charge in [0.2, 0.25) is 0 Å². The summed E-state index contributed by atoms with van der Waals surface area (Å²) >= 11 is 0. The van der Waals surface area contributed by atoms with Gasteiger partial charge in [-0.05, 0) is 146 Å². The molecule has 0 saturated carbocycles. The predicted octanol–water partition coefficient (Wildman–Crippen LogP) is 20.2. The summed E-state index contributed by atoms with van der Waals surface area (Å²) in [7, 11) is 0. The van der Waals surface area contributed by atoms with Gasteiger partial charge in [-0.15, -0.1) is 0 Å². The van der Waals surface area contributed by atoms with E-state index in [1.165, 1.54) is 66.3 Å². The number of fused-ring (bicyclic) bond motifs is 6. The molecule has 0 atom stereocenters. The number of anilines is 3. The quantitative estimate of drug-likeness (QED) is 0.136. The molecule has 0 fully saturated rings. The number of benzene rings is 12. The van der Waals surface area contributed by atoms with Gasteiger partial charge in [0.25, 0.3) is 0 Å². The summed E-state index contributed by atoms with van der Waals surface area (Å²) in [5, 5.41) is 4.82. The zero-order chi connectivity index (χ0) is 49.7. The van der Waals surface area contributed by atoms with Crippen LogP contribution in [0.2, 0.25) is 0 Å². The Morgan fingerprint density at radius 1 is 0.253 bits per heavy atom. The standard InChI is InChI=1S/C72H48N2O/c1-2-12-49(13-3-1)50-24-26-51(27-25-50)54-32-40-60(41-33-54)73(62-44-38-57(39-45-62)58-14-10-15-59(48-58)64-19-11-23-71-72(64)67-18-6-9-22-70(67)75-71)61-42-34-55(35-43-61)52-28-30-53(31-29-52)56-36-46-63(47-37-56)74-68-20-7-4-16-65(68)66-17-5-8-21-69(66)74/h1-48H. The van der Waals surface area contributed by atoms with Crippen molar-refractivity contribution in [2.75, 3.05) is 4.90 Å². The summed E-state index contributed by atoms with van der Waals surface area (Å²) < 4.78 is 8.62. The van der Waals surface area contributed by atoms with Crippen molar-refractivity contribution in [2.45, 2.75) is 0 Å². The number of nitrogens with zero attached hydrogens (tertiary/aromatic N) is 2. The van der Waals surface area contributed by atoms with Gasteiger partial charge in [0, 0.05) is 44.3 Å². The fraction of sp³-hybridized carbons (Fsp3) is 0. The number of hydrogen-bond donors (Lipinski definition) is 0. The first-order chi connectivity index (χ1) is 37.2. The zero-order valence-corrected chi connectivity index (χ0v) is 41.0. The molecule has 75 heavy (non-hydrogen) atoms. The van der Waals surface area contributed by atoms with Crippen LogP contribution in [-0.4, -0.2) is 4.57 Å². The van der Waals surface area contributed by atoms with Crippen LogP contribution in [-0.2, 0) is 0 Å². The minimum Gasteiger partial charge on any atom is -0.456 e. The Labute approximate surface area is 436 Å². The maximum atomic E-state index is 6.26. The number of furan rings is 1. The highest BCUT2D eigenvalue weighted by Crippen LogP contribution is 2.41. The van der Waals surface area contributed by atoms with Crippen molar-refractivity contribution >= 4 is 60.8 Å². The molecule has 3 nitrogen and oxygen atoms in total. The molecule has 14 rings (SSSR count). The highest BCUT2D eigenvalue weighted by atomic mass is 16.3. The molecule has 0 bridgehead atoms. The number of hydrogen-bond acceptors (Lipinski definition) is 2. The molecule has 0 aliphatic rings. The Bertz CT molecular complexity index is 4290. The van der Waals surface area contributed by atoms with E-state index in [1.807, 2.05) is 12.1 Å². The van der Waals surface area contributed by atoms with E-state index in [1.54, 1.807) is 0 Å². The lowest BCUT2D eigenvalue weighted by atomic mass is 9.96. The molecule has 0 radical (unpaired) electrons. The zero-order valence-electron chi connectivity index (χ0n) is 41.0. The Morgan fingerprint density at radius 3 is 1.13 bits per heavy atom. The minimum atomic E-state index is 0.901. The monoisotopic (exact) mass is 956 g/mol. The van der Waals surface area contributed by atoms with Crippen LogP contribution in [0.5, 0.6) is 0 Å². The molecule has 0 N–H and O–H groups in total. The lowest BCUT2D eigenvalue weighted by Crippen LogP contribution is -2.09. The number of rotatable bonds is 10. The van der Waals surface area contributed by atoms with Crippen molar-refractivity contribution < 1.29 is 4.42 Å². The van der Waals surface area contributed by atoms with Crippen molar-refractivity contribution in [3.63, 3.8) is 0 Å². The Hall–Kier alpha value is -9.96. The molecule has 0 spiro atoms. The van der Waals surface area contributed by atoms with Crippen molar-refractivity contribution in [3.8, 4) is 72.4 Å². The van der Waals surface area contributed by atoms with E-state index in [-0.39, 0.29) is 0 Å².